The number of ether oxygens (including phenoxy) is 1. The molecule has 1 heterocycles. The van der Waals surface area contributed by atoms with Gasteiger partial charge in [-0.1, -0.05) is 29.8 Å². The minimum atomic E-state index is -0.0571. The normalized spacial score (nSPS) is 18.2. The zero-order valence-corrected chi connectivity index (χ0v) is 18.2. The Balaban J connectivity index is 1.39. The molecule has 1 aromatic heterocycles. The Morgan fingerprint density at radius 3 is 2.70 bits per heavy atom. The molecule has 30 heavy (non-hydrogen) atoms. The molecule has 0 saturated heterocycles. The topological polar surface area (TPSA) is 51.2 Å². The van der Waals surface area contributed by atoms with Gasteiger partial charge >= 0.3 is 0 Å². The SMILES string of the molecule is CC(=O)N[C@@H](C)/C=C/c1ccc(Oc2ccc(C3=CCC4(CC3)CC4)cc2Cl)cn1. The van der Waals surface area contributed by atoms with Crippen LogP contribution < -0.4 is 10.1 Å². The van der Waals surface area contributed by atoms with E-state index in [4.69, 9.17) is 16.3 Å². The third-order valence-electron chi connectivity index (χ3n) is 5.94. The van der Waals surface area contributed by atoms with E-state index in [0.29, 0.717) is 21.9 Å². The first-order valence-electron chi connectivity index (χ1n) is 10.5. The maximum Gasteiger partial charge on any atom is 0.217 e. The molecule has 0 radical (unpaired) electrons. The summed E-state index contributed by atoms with van der Waals surface area (Å²) in [5.41, 5.74) is 4.01. The molecule has 0 bridgehead atoms. The Morgan fingerprint density at radius 1 is 1.27 bits per heavy atom. The van der Waals surface area contributed by atoms with E-state index in [2.05, 4.69) is 22.4 Å². The summed E-state index contributed by atoms with van der Waals surface area (Å²) in [6.45, 7) is 3.41. The fourth-order valence-corrected chi connectivity index (χ4v) is 4.13. The van der Waals surface area contributed by atoms with Crippen molar-refractivity contribution in [2.24, 2.45) is 5.41 Å². The number of rotatable bonds is 6. The number of carbonyl (C=O) groups excluding carboxylic acids is 1. The Labute approximate surface area is 183 Å². The van der Waals surface area contributed by atoms with E-state index in [1.54, 1.807) is 6.20 Å². The monoisotopic (exact) mass is 422 g/mol. The molecule has 1 N–H and O–H groups in total. The van der Waals surface area contributed by atoms with Crippen LogP contribution in [0.25, 0.3) is 11.6 Å². The average molecular weight is 423 g/mol. The molecule has 1 atom stereocenters. The van der Waals surface area contributed by atoms with Gasteiger partial charge in [0.05, 0.1) is 16.9 Å². The quantitative estimate of drug-likeness (QED) is 0.584. The third-order valence-corrected chi connectivity index (χ3v) is 6.23. The Hall–Kier alpha value is -2.59. The summed E-state index contributed by atoms with van der Waals surface area (Å²) in [6.07, 6.45) is 14.2. The smallest absolute Gasteiger partial charge is 0.217 e. The highest BCUT2D eigenvalue weighted by Gasteiger charge is 2.42. The summed E-state index contributed by atoms with van der Waals surface area (Å²) in [7, 11) is 0. The predicted octanol–water partition coefficient (Wildman–Crippen LogP) is 6.41. The lowest BCUT2D eigenvalue weighted by Crippen LogP contribution is -2.28. The molecule has 4 rings (SSSR count). The zero-order chi connectivity index (χ0) is 21.1. The van der Waals surface area contributed by atoms with Crippen molar-refractivity contribution in [3.63, 3.8) is 0 Å². The number of halogens is 1. The van der Waals surface area contributed by atoms with Gasteiger partial charge in [-0.15, -0.1) is 0 Å². The van der Waals surface area contributed by atoms with Crippen LogP contribution >= 0.6 is 11.6 Å². The molecule has 0 unspecified atom stereocenters. The lowest BCUT2D eigenvalue weighted by molar-refractivity contribution is -0.119. The van der Waals surface area contributed by atoms with Gasteiger partial charge in [-0.05, 0) is 85.9 Å². The number of allylic oxidation sites excluding steroid dienone is 2. The maximum atomic E-state index is 11.1. The van der Waals surface area contributed by atoms with Crippen molar-refractivity contribution in [1.29, 1.82) is 0 Å². The van der Waals surface area contributed by atoms with Gasteiger partial charge in [-0.25, -0.2) is 0 Å². The van der Waals surface area contributed by atoms with Gasteiger partial charge in [-0.3, -0.25) is 9.78 Å². The van der Waals surface area contributed by atoms with E-state index in [9.17, 15) is 4.79 Å². The third kappa shape index (κ3) is 5.11. The van der Waals surface area contributed by atoms with Gasteiger partial charge in [0.2, 0.25) is 5.91 Å². The van der Waals surface area contributed by atoms with Crippen LogP contribution in [0.1, 0.15) is 57.2 Å². The number of aromatic nitrogens is 1. The molecule has 5 heteroatoms. The fourth-order valence-electron chi connectivity index (χ4n) is 3.91. The maximum absolute atomic E-state index is 11.1. The van der Waals surface area contributed by atoms with Gasteiger partial charge in [0.15, 0.2) is 0 Å². The molecule has 1 saturated carbocycles. The van der Waals surface area contributed by atoms with E-state index in [0.717, 1.165) is 12.1 Å². The van der Waals surface area contributed by atoms with Crippen LogP contribution in [0.15, 0.2) is 48.7 Å². The van der Waals surface area contributed by atoms with Crippen LogP contribution in [0, 0.1) is 5.41 Å². The van der Waals surface area contributed by atoms with Crippen molar-refractivity contribution in [3.05, 3.63) is 65.0 Å². The number of pyridine rings is 1. The van der Waals surface area contributed by atoms with E-state index >= 15 is 0 Å². The van der Waals surface area contributed by atoms with Crippen molar-refractivity contribution in [3.8, 4) is 11.5 Å². The van der Waals surface area contributed by atoms with E-state index in [-0.39, 0.29) is 11.9 Å². The highest BCUT2D eigenvalue weighted by molar-refractivity contribution is 6.32. The van der Waals surface area contributed by atoms with Gasteiger partial charge < -0.3 is 10.1 Å². The van der Waals surface area contributed by atoms with Gasteiger partial charge in [0, 0.05) is 13.0 Å². The average Bonchev–Trinajstić information content (AvgIpc) is 3.48. The molecule has 2 aliphatic rings. The molecule has 1 fully saturated rings. The highest BCUT2D eigenvalue weighted by atomic mass is 35.5. The van der Waals surface area contributed by atoms with Crippen molar-refractivity contribution < 1.29 is 9.53 Å². The molecule has 1 spiro atoms. The van der Waals surface area contributed by atoms with Gasteiger partial charge in [-0.2, -0.15) is 0 Å². The van der Waals surface area contributed by atoms with Crippen LogP contribution in [-0.4, -0.2) is 16.9 Å². The van der Waals surface area contributed by atoms with E-state index in [1.807, 2.05) is 43.3 Å². The molecule has 1 aromatic carbocycles. The lowest BCUT2D eigenvalue weighted by atomic mass is 9.84. The Morgan fingerprint density at radius 2 is 2.10 bits per heavy atom. The summed E-state index contributed by atoms with van der Waals surface area (Å²) < 4.78 is 5.93. The van der Waals surface area contributed by atoms with Crippen LogP contribution in [0.3, 0.4) is 0 Å². The summed E-state index contributed by atoms with van der Waals surface area (Å²) in [5, 5.41) is 3.41. The molecule has 1 amide bonds. The Kier molecular flexibility index (Phi) is 5.96. The summed E-state index contributed by atoms with van der Waals surface area (Å²) in [5.74, 6) is 1.20. The predicted molar refractivity (Wildman–Crippen MR) is 122 cm³/mol. The second kappa shape index (κ2) is 8.65. The van der Waals surface area contributed by atoms with E-state index in [1.165, 1.54) is 43.7 Å². The summed E-state index contributed by atoms with van der Waals surface area (Å²) in [6, 6.07) is 9.70. The first-order chi connectivity index (χ1) is 14.4. The molecule has 0 aliphatic heterocycles. The number of hydrogen-bond acceptors (Lipinski definition) is 3. The van der Waals surface area contributed by atoms with Crippen LogP contribution in [0.5, 0.6) is 11.5 Å². The summed E-state index contributed by atoms with van der Waals surface area (Å²) in [4.78, 5) is 15.4. The standard InChI is InChI=1S/C25H27ClN2O2/c1-17(28-18(2)29)3-5-21-6-7-22(16-27-21)30-24-8-4-20(15-23(24)26)19-9-11-25(12-10-19)13-14-25/h3-9,15-17H,10-14H2,1-2H3,(H,28,29)/b5-3+/t17-/m0/s1. The van der Waals surface area contributed by atoms with Crippen LogP contribution in [0.4, 0.5) is 0 Å². The molecular formula is C25H27ClN2O2. The number of amides is 1. The molecule has 4 nitrogen and oxygen atoms in total. The first-order valence-corrected chi connectivity index (χ1v) is 10.9. The first kappa shape index (κ1) is 20.7. The van der Waals surface area contributed by atoms with Crippen molar-refractivity contribution in [2.45, 2.75) is 52.0 Å². The van der Waals surface area contributed by atoms with Gasteiger partial charge in [0.25, 0.3) is 0 Å². The molecule has 2 aliphatic carbocycles. The second-order valence-electron chi connectivity index (χ2n) is 8.45. The zero-order valence-electron chi connectivity index (χ0n) is 17.5. The van der Waals surface area contributed by atoms with Gasteiger partial charge in [0.1, 0.15) is 11.5 Å². The number of nitrogens with one attached hydrogen (secondary N) is 1. The van der Waals surface area contributed by atoms with Crippen LogP contribution in [0.2, 0.25) is 5.02 Å². The van der Waals surface area contributed by atoms with Crippen LogP contribution in [-0.2, 0) is 4.79 Å². The Bertz CT molecular complexity index is 991. The van der Waals surface area contributed by atoms with Crippen molar-refractivity contribution >= 4 is 29.2 Å². The minimum Gasteiger partial charge on any atom is -0.454 e. The second-order valence-corrected chi connectivity index (χ2v) is 8.86. The summed E-state index contributed by atoms with van der Waals surface area (Å²) >= 11 is 6.51. The van der Waals surface area contributed by atoms with Crippen molar-refractivity contribution in [2.75, 3.05) is 0 Å². The number of benzene rings is 1. The number of nitrogens with zero attached hydrogens (tertiary/aromatic N) is 1. The molecule has 2 aromatic rings. The fraction of sp³-hybridized carbons (Fsp3) is 0.360. The number of hydrogen-bond donors (Lipinski definition) is 1. The highest BCUT2D eigenvalue weighted by Crippen LogP contribution is 2.56. The van der Waals surface area contributed by atoms with Crippen molar-refractivity contribution in [1.82, 2.24) is 10.3 Å². The molecule has 156 valence electrons. The number of carbonyl (C=O) groups is 1. The molecular weight excluding hydrogens is 396 g/mol. The minimum absolute atomic E-state index is 0.0494. The van der Waals surface area contributed by atoms with E-state index < -0.39 is 0 Å². The largest absolute Gasteiger partial charge is 0.454 e. The lowest BCUT2D eigenvalue weighted by Gasteiger charge is -2.21.